The van der Waals surface area contributed by atoms with Gasteiger partial charge in [0.2, 0.25) is 0 Å². The first-order valence-corrected chi connectivity index (χ1v) is 7.50. The summed E-state index contributed by atoms with van der Waals surface area (Å²) >= 11 is 0. The third kappa shape index (κ3) is 3.40. The standard InChI is InChI=1S/C18H15N3O4/c1-21-14-8-4-3-7-13(14)17(18(21)24)20-19-10-12-6-2-5-9-15(12)25-11-16(22)23/h2-10H,11H2,1H3,(H,22,23)/b19-10+,20-17-. The average molecular weight is 337 g/mol. The summed E-state index contributed by atoms with van der Waals surface area (Å²) in [5, 5.41) is 16.7. The number of amides is 1. The number of carboxylic acids is 1. The van der Waals surface area contributed by atoms with Crippen molar-refractivity contribution >= 4 is 29.5 Å². The lowest BCUT2D eigenvalue weighted by Gasteiger charge is -2.07. The molecule has 1 amide bonds. The Morgan fingerprint density at radius 3 is 2.72 bits per heavy atom. The van der Waals surface area contributed by atoms with E-state index >= 15 is 0 Å². The Morgan fingerprint density at radius 1 is 1.20 bits per heavy atom. The molecule has 0 aliphatic carbocycles. The summed E-state index contributed by atoms with van der Waals surface area (Å²) < 4.78 is 5.20. The van der Waals surface area contributed by atoms with Crippen LogP contribution in [0.2, 0.25) is 0 Å². The Balaban J connectivity index is 1.85. The summed E-state index contributed by atoms with van der Waals surface area (Å²) in [7, 11) is 1.68. The number of carbonyl (C=O) groups is 2. The van der Waals surface area contributed by atoms with E-state index in [1.165, 1.54) is 11.1 Å². The predicted octanol–water partition coefficient (Wildman–Crippen LogP) is 1.95. The van der Waals surface area contributed by atoms with Crippen molar-refractivity contribution < 1.29 is 19.4 Å². The van der Waals surface area contributed by atoms with E-state index in [1.807, 2.05) is 24.3 Å². The minimum atomic E-state index is -1.07. The fourth-order valence-electron chi connectivity index (χ4n) is 2.45. The smallest absolute Gasteiger partial charge is 0.341 e. The summed E-state index contributed by atoms with van der Waals surface area (Å²) in [4.78, 5) is 24.4. The maximum Gasteiger partial charge on any atom is 0.341 e. The van der Waals surface area contributed by atoms with Crippen molar-refractivity contribution in [3.8, 4) is 5.75 Å². The number of benzene rings is 2. The molecule has 7 heteroatoms. The van der Waals surface area contributed by atoms with Crippen LogP contribution in [0.5, 0.6) is 5.75 Å². The molecule has 1 heterocycles. The first kappa shape index (κ1) is 16.4. The van der Waals surface area contributed by atoms with Crippen LogP contribution in [0.3, 0.4) is 0 Å². The minimum absolute atomic E-state index is 0.228. The molecule has 0 aromatic heterocycles. The number of carbonyl (C=O) groups excluding carboxylic acids is 1. The first-order chi connectivity index (χ1) is 12.1. The van der Waals surface area contributed by atoms with E-state index in [0.29, 0.717) is 11.3 Å². The van der Waals surface area contributed by atoms with Crippen LogP contribution in [0.25, 0.3) is 0 Å². The van der Waals surface area contributed by atoms with Gasteiger partial charge in [0.25, 0.3) is 5.91 Å². The van der Waals surface area contributed by atoms with E-state index in [0.717, 1.165) is 11.3 Å². The number of aliphatic carboxylic acids is 1. The van der Waals surface area contributed by atoms with Gasteiger partial charge in [0.15, 0.2) is 12.3 Å². The highest BCUT2D eigenvalue weighted by Gasteiger charge is 2.30. The van der Waals surface area contributed by atoms with Gasteiger partial charge < -0.3 is 14.7 Å². The lowest BCUT2D eigenvalue weighted by Crippen LogP contribution is -2.25. The fourth-order valence-corrected chi connectivity index (χ4v) is 2.45. The van der Waals surface area contributed by atoms with Crippen molar-refractivity contribution in [3.63, 3.8) is 0 Å². The molecule has 2 aromatic carbocycles. The fraction of sp³-hybridized carbons (Fsp3) is 0.111. The third-order valence-electron chi connectivity index (χ3n) is 3.65. The van der Waals surface area contributed by atoms with E-state index in [2.05, 4.69) is 10.2 Å². The van der Waals surface area contributed by atoms with Gasteiger partial charge in [-0.2, -0.15) is 5.10 Å². The molecule has 1 N–H and O–H groups in total. The third-order valence-corrected chi connectivity index (χ3v) is 3.65. The van der Waals surface area contributed by atoms with Gasteiger partial charge in [-0.15, -0.1) is 5.10 Å². The van der Waals surface area contributed by atoms with Crippen molar-refractivity contribution in [2.24, 2.45) is 10.2 Å². The molecule has 0 bridgehead atoms. The zero-order valence-corrected chi connectivity index (χ0v) is 13.4. The van der Waals surface area contributed by atoms with Crippen molar-refractivity contribution in [2.75, 3.05) is 18.6 Å². The number of hydrogen-bond donors (Lipinski definition) is 1. The summed E-state index contributed by atoms with van der Waals surface area (Å²) in [6, 6.07) is 14.2. The largest absolute Gasteiger partial charge is 0.481 e. The first-order valence-electron chi connectivity index (χ1n) is 7.50. The van der Waals surface area contributed by atoms with Crippen LogP contribution in [0.4, 0.5) is 5.69 Å². The number of rotatable bonds is 5. The van der Waals surface area contributed by atoms with Crippen LogP contribution < -0.4 is 9.64 Å². The predicted molar refractivity (Wildman–Crippen MR) is 93.6 cm³/mol. The number of hydrogen-bond acceptors (Lipinski definition) is 5. The van der Waals surface area contributed by atoms with Gasteiger partial charge in [-0.25, -0.2) is 4.79 Å². The van der Waals surface area contributed by atoms with Crippen molar-refractivity contribution in [3.05, 3.63) is 59.7 Å². The van der Waals surface area contributed by atoms with Gasteiger partial charge in [-0.05, 0) is 18.2 Å². The van der Waals surface area contributed by atoms with Crippen LogP contribution in [-0.2, 0) is 9.59 Å². The maximum absolute atomic E-state index is 12.3. The number of likely N-dealkylation sites (N-methyl/N-ethyl adjacent to an activating group) is 1. The highest BCUT2D eigenvalue weighted by atomic mass is 16.5. The number of fused-ring (bicyclic) bond motifs is 1. The van der Waals surface area contributed by atoms with Gasteiger partial charge >= 0.3 is 5.97 Å². The number of nitrogens with zero attached hydrogens (tertiary/aromatic N) is 3. The molecular weight excluding hydrogens is 322 g/mol. The van der Waals surface area contributed by atoms with Crippen molar-refractivity contribution in [1.29, 1.82) is 0 Å². The van der Waals surface area contributed by atoms with Gasteiger partial charge in [0, 0.05) is 18.2 Å². The molecule has 7 nitrogen and oxygen atoms in total. The van der Waals surface area contributed by atoms with E-state index in [4.69, 9.17) is 9.84 Å². The molecule has 0 fully saturated rings. The van der Waals surface area contributed by atoms with Gasteiger partial charge in [-0.1, -0.05) is 30.3 Å². The SMILES string of the molecule is CN1C(=O)/C(=N\N=C\c2ccccc2OCC(=O)O)c2ccccc21. The molecule has 3 rings (SSSR count). The average Bonchev–Trinajstić information content (AvgIpc) is 2.86. The quantitative estimate of drug-likeness (QED) is 0.667. The van der Waals surface area contributed by atoms with Gasteiger partial charge in [0.1, 0.15) is 5.75 Å². The lowest BCUT2D eigenvalue weighted by atomic mass is 10.1. The molecule has 0 saturated heterocycles. The second kappa shape index (κ2) is 6.96. The highest BCUT2D eigenvalue weighted by molar-refractivity contribution is 6.54. The summed E-state index contributed by atoms with van der Waals surface area (Å²) in [5.74, 6) is -0.916. The van der Waals surface area contributed by atoms with Crippen molar-refractivity contribution in [1.82, 2.24) is 0 Å². The zero-order chi connectivity index (χ0) is 17.8. The summed E-state index contributed by atoms with van der Waals surface area (Å²) in [6.45, 7) is -0.448. The molecule has 1 aliphatic heterocycles. The number of para-hydroxylation sites is 2. The van der Waals surface area contributed by atoms with Gasteiger partial charge in [0.05, 0.1) is 11.9 Å². The van der Waals surface area contributed by atoms with Crippen LogP contribution in [0.1, 0.15) is 11.1 Å². The Morgan fingerprint density at radius 2 is 1.92 bits per heavy atom. The van der Waals surface area contributed by atoms with E-state index in [1.54, 1.807) is 31.3 Å². The van der Waals surface area contributed by atoms with Crippen LogP contribution in [0.15, 0.2) is 58.7 Å². The topological polar surface area (TPSA) is 91.6 Å². The second-order valence-corrected chi connectivity index (χ2v) is 5.29. The maximum atomic E-state index is 12.3. The van der Waals surface area contributed by atoms with E-state index in [-0.39, 0.29) is 11.6 Å². The summed E-state index contributed by atoms with van der Waals surface area (Å²) in [5.41, 5.74) is 2.34. The molecule has 2 aromatic rings. The normalized spacial score (nSPS) is 15.0. The van der Waals surface area contributed by atoms with Crippen LogP contribution >= 0.6 is 0 Å². The van der Waals surface area contributed by atoms with Gasteiger partial charge in [-0.3, -0.25) is 4.79 Å². The Hall–Kier alpha value is -3.48. The lowest BCUT2D eigenvalue weighted by molar-refractivity contribution is -0.139. The molecule has 0 atom stereocenters. The zero-order valence-electron chi connectivity index (χ0n) is 13.4. The van der Waals surface area contributed by atoms with E-state index in [9.17, 15) is 9.59 Å². The molecule has 126 valence electrons. The number of anilines is 1. The molecular formula is C18H15N3O4. The molecule has 0 spiro atoms. The number of ether oxygens (including phenoxy) is 1. The minimum Gasteiger partial charge on any atom is -0.481 e. The summed E-state index contributed by atoms with van der Waals surface area (Å²) in [6.07, 6.45) is 1.43. The molecule has 0 saturated carbocycles. The number of carboxylic acid groups (broad SMARTS) is 1. The molecule has 0 radical (unpaired) electrons. The van der Waals surface area contributed by atoms with E-state index < -0.39 is 12.6 Å². The molecule has 1 aliphatic rings. The van der Waals surface area contributed by atoms with Crippen LogP contribution in [0, 0.1) is 0 Å². The Labute approximate surface area is 143 Å². The molecule has 25 heavy (non-hydrogen) atoms. The monoisotopic (exact) mass is 337 g/mol. The Bertz CT molecular complexity index is 889. The highest BCUT2D eigenvalue weighted by Crippen LogP contribution is 2.27. The van der Waals surface area contributed by atoms with Crippen LogP contribution in [-0.4, -0.2) is 42.6 Å². The molecule has 0 unspecified atom stereocenters. The van der Waals surface area contributed by atoms with Crippen molar-refractivity contribution in [2.45, 2.75) is 0 Å². The second-order valence-electron chi connectivity index (χ2n) is 5.29. The Kier molecular flexibility index (Phi) is 4.56.